The highest BCUT2D eigenvalue weighted by Crippen LogP contribution is 2.51. The van der Waals surface area contributed by atoms with E-state index in [9.17, 15) is 0 Å². The molecule has 3 aromatic heterocycles. The van der Waals surface area contributed by atoms with Gasteiger partial charge in [-0.05, 0) is 47.0 Å². The third-order valence-electron chi connectivity index (χ3n) is 9.95. The summed E-state index contributed by atoms with van der Waals surface area (Å²) in [6.07, 6.45) is 0. The molecule has 0 spiro atoms. The van der Waals surface area contributed by atoms with Gasteiger partial charge in [0.2, 0.25) is 5.89 Å². The van der Waals surface area contributed by atoms with Gasteiger partial charge in [0, 0.05) is 53.4 Å². The van der Waals surface area contributed by atoms with Gasteiger partial charge in [-0.3, -0.25) is 0 Å². The van der Waals surface area contributed by atoms with E-state index < -0.39 is 0 Å². The first-order valence-electron chi connectivity index (χ1n) is 16.5. The molecule has 9 aromatic rings. The lowest BCUT2D eigenvalue weighted by Crippen LogP contribution is -2.17. The van der Waals surface area contributed by atoms with Crippen LogP contribution in [0.15, 0.2) is 144 Å². The molecule has 6 aromatic carbocycles. The van der Waals surface area contributed by atoms with Gasteiger partial charge in [-0.2, -0.15) is 0 Å². The molecule has 0 saturated carbocycles. The van der Waals surface area contributed by atoms with Crippen LogP contribution >= 0.6 is 11.3 Å². The van der Waals surface area contributed by atoms with E-state index in [1.807, 2.05) is 47.7 Å². The SMILES string of the molecule is CC1(C)c2ccccc2-c2nc(-c3ccc(-c4nc5ccccc5o4)cc3)nc(-c3ccc(-c4cccc5c4sc4ccccc45)cc3)c21. The number of thiophene rings is 1. The number of aromatic nitrogens is 3. The molecule has 3 heterocycles. The molecule has 0 unspecified atom stereocenters. The van der Waals surface area contributed by atoms with Crippen molar-refractivity contribution in [1.82, 2.24) is 15.0 Å². The highest BCUT2D eigenvalue weighted by molar-refractivity contribution is 7.26. The first-order valence-corrected chi connectivity index (χ1v) is 17.3. The number of hydrogen-bond acceptors (Lipinski definition) is 5. The first-order chi connectivity index (χ1) is 24.0. The predicted molar refractivity (Wildman–Crippen MR) is 202 cm³/mol. The van der Waals surface area contributed by atoms with Gasteiger partial charge in [-0.15, -0.1) is 11.3 Å². The number of hydrogen-bond donors (Lipinski definition) is 0. The fraction of sp³-hybridized carbons (Fsp3) is 0.0682. The van der Waals surface area contributed by atoms with Gasteiger partial charge < -0.3 is 4.42 Å². The molecule has 0 saturated heterocycles. The van der Waals surface area contributed by atoms with Crippen molar-refractivity contribution in [3.05, 3.63) is 151 Å². The fourth-order valence-electron chi connectivity index (χ4n) is 7.49. The van der Waals surface area contributed by atoms with Crippen LogP contribution in [0, 0.1) is 0 Å². The normalized spacial score (nSPS) is 13.3. The summed E-state index contributed by atoms with van der Waals surface area (Å²) in [5.41, 5.74) is 12.3. The molecule has 0 N–H and O–H groups in total. The molecule has 1 aliphatic rings. The number of nitrogens with zero attached hydrogens (tertiary/aromatic N) is 3. The average Bonchev–Trinajstić information content (AvgIpc) is 3.82. The van der Waals surface area contributed by atoms with E-state index in [1.54, 1.807) is 0 Å². The highest BCUT2D eigenvalue weighted by Gasteiger charge is 2.40. The Morgan fingerprint density at radius 2 is 1.18 bits per heavy atom. The lowest BCUT2D eigenvalue weighted by atomic mass is 9.80. The van der Waals surface area contributed by atoms with Crippen LogP contribution in [-0.2, 0) is 5.41 Å². The minimum atomic E-state index is -0.252. The second-order valence-corrected chi connectivity index (χ2v) is 14.3. The number of para-hydroxylation sites is 2. The van der Waals surface area contributed by atoms with E-state index in [1.165, 1.54) is 48.0 Å². The van der Waals surface area contributed by atoms with Crippen molar-refractivity contribution in [2.24, 2.45) is 0 Å². The van der Waals surface area contributed by atoms with E-state index in [4.69, 9.17) is 14.4 Å². The van der Waals surface area contributed by atoms with E-state index in [2.05, 4.69) is 122 Å². The second-order valence-electron chi connectivity index (χ2n) is 13.2. The van der Waals surface area contributed by atoms with Crippen LogP contribution < -0.4 is 0 Å². The van der Waals surface area contributed by atoms with Gasteiger partial charge in [0.15, 0.2) is 11.4 Å². The Kier molecular flexibility index (Phi) is 6.05. The molecular formula is C44H29N3OS. The summed E-state index contributed by atoms with van der Waals surface area (Å²) in [6.45, 7) is 4.58. The van der Waals surface area contributed by atoms with Crippen LogP contribution in [0.2, 0.25) is 0 Å². The van der Waals surface area contributed by atoms with E-state index in [0.29, 0.717) is 11.7 Å². The van der Waals surface area contributed by atoms with Crippen molar-refractivity contribution in [3.63, 3.8) is 0 Å². The van der Waals surface area contributed by atoms with Crippen molar-refractivity contribution in [3.8, 4) is 56.5 Å². The summed E-state index contributed by atoms with van der Waals surface area (Å²) in [6, 6.07) is 48.9. The third-order valence-corrected chi connectivity index (χ3v) is 11.2. The third kappa shape index (κ3) is 4.32. The average molecular weight is 648 g/mol. The van der Waals surface area contributed by atoms with Gasteiger partial charge >= 0.3 is 0 Å². The number of oxazole rings is 1. The largest absolute Gasteiger partial charge is 0.436 e. The lowest BCUT2D eigenvalue weighted by molar-refractivity contribution is 0.620. The van der Waals surface area contributed by atoms with Crippen molar-refractivity contribution < 1.29 is 4.42 Å². The minimum Gasteiger partial charge on any atom is -0.436 e. The summed E-state index contributed by atoms with van der Waals surface area (Å²) in [4.78, 5) is 15.3. The van der Waals surface area contributed by atoms with Crippen LogP contribution in [0.1, 0.15) is 25.0 Å². The van der Waals surface area contributed by atoms with Crippen LogP contribution in [-0.4, -0.2) is 15.0 Å². The maximum absolute atomic E-state index is 6.04. The summed E-state index contributed by atoms with van der Waals surface area (Å²) in [7, 11) is 0. The zero-order valence-electron chi connectivity index (χ0n) is 26.9. The quantitative estimate of drug-likeness (QED) is 0.191. The number of rotatable bonds is 4. The Balaban J connectivity index is 1.10. The molecule has 0 aliphatic heterocycles. The molecule has 1 aliphatic carbocycles. The zero-order chi connectivity index (χ0) is 32.7. The predicted octanol–water partition coefficient (Wildman–Crippen LogP) is 12.0. The van der Waals surface area contributed by atoms with E-state index in [-0.39, 0.29) is 5.41 Å². The highest BCUT2D eigenvalue weighted by atomic mass is 32.1. The smallest absolute Gasteiger partial charge is 0.227 e. The Hall–Kier alpha value is -5.91. The van der Waals surface area contributed by atoms with Crippen molar-refractivity contribution in [1.29, 1.82) is 0 Å². The Morgan fingerprint density at radius 1 is 0.531 bits per heavy atom. The van der Waals surface area contributed by atoms with Gasteiger partial charge in [0.1, 0.15) is 5.52 Å². The molecule has 10 rings (SSSR count). The summed E-state index contributed by atoms with van der Waals surface area (Å²) in [5, 5.41) is 2.62. The molecule has 0 fully saturated rings. The van der Waals surface area contributed by atoms with Crippen molar-refractivity contribution in [2.75, 3.05) is 0 Å². The van der Waals surface area contributed by atoms with Crippen LogP contribution in [0.5, 0.6) is 0 Å². The number of fused-ring (bicyclic) bond motifs is 7. The summed E-state index contributed by atoms with van der Waals surface area (Å²) < 4.78 is 8.67. The van der Waals surface area contributed by atoms with E-state index in [0.717, 1.165) is 39.2 Å². The summed E-state index contributed by atoms with van der Waals surface area (Å²) >= 11 is 1.86. The maximum Gasteiger partial charge on any atom is 0.227 e. The zero-order valence-corrected chi connectivity index (χ0v) is 27.8. The molecule has 49 heavy (non-hydrogen) atoms. The standard InChI is InChI=1S/C44H29N3OS/c1-44(2)34-14-5-3-11-33(34)40-38(44)39(46-42(47-40)28-22-24-29(25-23-28)43-45-35-15-6-7-16-36(35)48-43)27-20-18-26(19-21-27)30-12-9-13-32-31-10-4-8-17-37(31)49-41(30)32/h3-25H,1-2H3. The Morgan fingerprint density at radius 3 is 2.04 bits per heavy atom. The van der Waals surface area contributed by atoms with Crippen LogP contribution in [0.25, 0.3) is 87.8 Å². The number of benzene rings is 6. The molecule has 0 bridgehead atoms. The Labute approximate surface area is 287 Å². The van der Waals surface area contributed by atoms with Crippen molar-refractivity contribution >= 4 is 42.6 Å². The van der Waals surface area contributed by atoms with Gasteiger partial charge in [0.05, 0.1) is 11.4 Å². The van der Waals surface area contributed by atoms with E-state index >= 15 is 0 Å². The maximum atomic E-state index is 6.04. The lowest BCUT2D eigenvalue weighted by Gasteiger charge is -2.24. The summed E-state index contributed by atoms with van der Waals surface area (Å²) in [5.74, 6) is 1.30. The minimum absolute atomic E-state index is 0.252. The first kappa shape index (κ1) is 28.1. The monoisotopic (exact) mass is 647 g/mol. The Bertz CT molecular complexity index is 2700. The molecule has 0 atom stereocenters. The molecule has 4 nitrogen and oxygen atoms in total. The molecule has 0 amide bonds. The molecular weight excluding hydrogens is 619 g/mol. The van der Waals surface area contributed by atoms with Gasteiger partial charge in [-0.25, -0.2) is 15.0 Å². The topological polar surface area (TPSA) is 51.8 Å². The molecule has 0 radical (unpaired) electrons. The fourth-order valence-corrected chi connectivity index (χ4v) is 8.73. The van der Waals surface area contributed by atoms with Gasteiger partial charge in [0.25, 0.3) is 0 Å². The molecule has 232 valence electrons. The van der Waals surface area contributed by atoms with Crippen LogP contribution in [0.4, 0.5) is 0 Å². The van der Waals surface area contributed by atoms with Crippen LogP contribution in [0.3, 0.4) is 0 Å². The van der Waals surface area contributed by atoms with Gasteiger partial charge in [-0.1, -0.05) is 123 Å². The molecule has 5 heteroatoms. The van der Waals surface area contributed by atoms with Crippen molar-refractivity contribution in [2.45, 2.75) is 19.3 Å². The second kappa shape index (κ2) is 10.5.